The fourth-order valence-corrected chi connectivity index (χ4v) is 4.44. The highest BCUT2D eigenvalue weighted by Gasteiger charge is 2.53. The van der Waals surface area contributed by atoms with Crippen LogP contribution in [-0.2, 0) is 16.1 Å². The summed E-state index contributed by atoms with van der Waals surface area (Å²) in [6.45, 7) is 4.31. The lowest BCUT2D eigenvalue weighted by molar-refractivity contribution is -0.129. The van der Waals surface area contributed by atoms with Crippen LogP contribution in [0.25, 0.3) is 0 Å². The van der Waals surface area contributed by atoms with Crippen LogP contribution < -0.4 is 0 Å². The lowest BCUT2D eigenvalue weighted by atomic mass is 10.1. The van der Waals surface area contributed by atoms with E-state index in [-0.39, 0.29) is 30.1 Å². The van der Waals surface area contributed by atoms with Crippen molar-refractivity contribution in [1.29, 1.82) is 0 Å². The molecule has 3 amide bonds. The Bertz CT molecular complexity index is 641. The molecule has 0 aromatic heterocycles. The van der Waals surface area contributed by atoms with E-state index in [0.717, 1.165) is 19.5 Å². The van der Waals surface area contributed by atoms with Gasteiger partial charge in [0.15, 0.2) is 0 Å². The first kappa shape index (κ1) is 16.5. The van der Waals surface area contributed by atoms with E-state index in [1.807, 2.05) is 18.2 Å². The molecule has 0 N–H and O–H groups in total. The predicted octanol–water partition coefficient (Wildman–Crippen LogP) is 1.70. The second-order valence-electron chi connectivity index (χ2n) is 7.41. The fourth-order valence-electron chi connectivity index (χ4n) is 4.44. The van der Waals surface area contributed by atoms with Gasteiger partial charge in [-0.15, -0.1) is 0 Å². The summed E-state index contributed by atoms with van der Waals surface area (Å²) in [5.74, 6) is -0.0386. The standard InChI is InChI=1S/C19H25N3O3/c1-13-8-15(11-20(13)10-14-6-4-3-5-7-14)22-18(23)17-9-16(25-2)12-21(17)19(22)24/h3-7,13,15-17H,8-12H2,1-2H3. The highest BCUT2D eigenvalue weighted by atomic mass is 16.5. The van der Waals surface area contributed by atoms with Crippen LogP contribution in [0.4, 0.5) is 4.79 Å². The van der Waals surface area contributed by atoms with E-state index < -0.39 is 0 Å². The SMILES string of the molecule is COC1CC2C(=O)N(C3CC(C)N(Cc4ccccc4)C3)C(=O)N2C1. The monoisotopic (exact) mass is 343 g/mol. The molecular weight excluding hydrogens is 318 g/mol. The highest BCUT2D eigenvalue weighted by molar-refractivity contribution is 6.05. The summed E-state index contributed by atoms with van der Waals surface area (Å²) >= 11 is 0. The molecule has 0 radical (unpaired) electrons. The summed E-state index contributed by atoms with van der Waals surface area (Å²) < 4.78 is 5.33. The number of carbonyl (C=O) groups is 2. The number of benzene rings is 1. The van der Waals surface area contributed by atoms with Crippen LogP contribution in [0, 0.1) is 0 Å². The lowest BCUT2D eigenvalue weighted by Gasteiger charge is -2.24. The van der Waals surface area contributed by atoms with Crippen molar-refractivity contribution < 1.29 is 14.3 Å². The third-order valence-electron chi connectivity index (χ3n) is 5.85. The average Bonchev–Trinajstić information content (AvgIpc) is 3.25. The maximum atomic E-state index is 12.8. The third kappa shape index (κ3) is 2.83. The Kier molecular flexibility index (Phi) is 4.25. The molecular formula is C19H25N3O3. The van der Waals surface area contributed by atoms with E-state index in [9.17, 15) is 9.59 Å². The van der Waals surface area contributed by atoms with Gasteiger partial charge < -0.3 is 9.64 Å². The van der Waals surface area contributed by atoms with Gasteiger partial charge in [0.05, 0.1) is 12.1 Å². The van der Waals surface area contributed by atoms with Gasteiger partial charge >= 0.3 is 6.03 Å². The van der Waals surface area contributed by atoms with Gasteiger partial charge in [-0.1, -0.05) is 30.3 Å². The van der Waals surface area contributed by atoms with Gasteiger partial charge in [0, 0.05) is 39.2 Å². The maximum absolute atomic E-state index is 12.8. The van der Waals surface area contributed by atoms with Crippen molar-refractivity contribution in [3.05, 3.63) is 35.9 Å². The van der Waals surface area contributed by atoms with Gasteiger partial charge in [0.1, 0.15) is 6.04 Å². The smallest absolute Gasteiger partial charge is 0.327 e. The van der Waals surface area contributed by atoms with Crippen molar-refractivity contribution in [1.82, 2.24) is 14.7 Å². The number of amides is 3. The Balaban J connectivity index is 1.45. The summed E-state index contributed by atoms with van der Waals surface area (Å²) in [5.41, 5.74) is 1.26. The number of hydrogen-bond donors (Lipinski definition) is 0. The van der Waals surface area contributed by atoms with Gasteiger partial charge in [-0.25, -0.2) is 4.79 Å². The molecule has 0 bridgehead atoms. The molecule has 3 fully saturated rings. The number of imide groups is 1. The lowest BCUT2D eigenvalue weighted by Crippen LogP contribution is -2.44. The molecule has 3 heterocycles. The highest BCUT2D eigenvalue weighted by Crippen LogP contribution is 2.33. The summed E-state index contributed by atoms with van der Waals surface area (Å²) in [7, 11) is 1.64. The quantitative estimate of drug-likeness (QED) is 0.781. The number of nitrogens with zero attached hydrogens (tertiary/aromatic N) is 3. The molecule has 1 aromatic rings. The molecule has 134 valence electrons. The molecule has 4 rings (SSSR count). The Morgan fingerprint density at radius 3 is 2.56 bits per heavy atom. The van der Waals surface area contributed by atoms with E-state index >= 15 is 0 Å². The van der Waals surface area contributed by atoms with Crippen molar-refractivity contribution in [2.75, 3.05) is 20.2 Å². The summed E-state index contributed by atoms with van der Waals surface area (Å²) in [4.78, 5) is 31.2. The minimum absolute atomic E-state index is 0.0165. The van der Waals surface area contributed by atoms with Crippen LogP contribution in [0.3, 0.4) is 0 Å². The largest absolute Gasteiger partial charge is 0.380 e. The van der Waals surface area contributed by atoms with E-state index in [4.69, 9.17) is 4.74 Å². The first-order valence-corrected chi connectivity index (χ1v) is 9.03. The molecule has 0 spiro atoms. The number of likely N-dealkylation sites (tertiary alicyclic amines) is 1. The summed E-state index contributed by atoms with van der Waals surface area (Å²) in [6.07, 6.45) is 1.45. The number of methoxy groups -OCH3 is 1. The number of hydrogen-bond acceptors (Lipinski definition) is 4. The van der Waals surface area contributed by atoms with Crippen LogP contribution in [0.15, 0.2) is 30.3 Å². The Hall–Kier alpha value is -1.92. The van der Waals surface area contributed by atoms with Crippen molar-refractivity contribution in [2.45, 2.75) is 50.5 Å². The number of carbonyl (C=O) groups excluding carboxylic acids is 2. The van der Waals surface area contributed by atoms with Crippen molar-refractivity contribution in [2.24, 2.45) is 0 Å². The summed E-state index contributed by atoms with van der Waals surface area (Å²) in [5, 5.41) is 0. The first-order chi connectivity index (χ1) is 12.1. The minimum atomic E-state index is -0.323. The second-order valence-corrected chi connectivity index (χ2v) is 7.41. The van der Waals surface area contributed by atoms with Gasteiger partial charge in [-0.3, -0.25) is 14.6 Å². The van der Waals surface area contributed by atoms with Crippen molar-refractivity contribution in [3.8, 4) is 0 Å². The molecule has 4 unspecified atom stereocenters. The molecule has 25 heavy (non-hydrogen) atoms. The molecule has 3 aliphatic rings. The Morgan fingerprint density at radius 1 is 1.12 bits per heavy atom. The number of rotatable bonds is 4. The summed E-state index contributed by atoms with van der Waals surface area (Å²) in [6, 6.07) is 10.2. The van der Waals surface area contributed by atoms with Crippen molar-refractivity contribution >= 4 is 11.9 Å². The zero-order valence-corrected chi connectivity index (χ0v) is 14.8. The normalized spacial score (nSPS) is 32.7. The third-order valence-corrected chi connectivity index (χ3v) is 5.85. The van der Waals surface area contributed by atoms with Crippen LogP contribution in [0.2, 0.25) is 0 Å². The van der Waals surface area contributed by atoms with E-state index in [1.54, 1.807) is 12.0 Å². The Morgan fingerprint density at radius 2 is 1.88 bits per heavy atom. The predicted molar refractivity (Wildman–Crippen MR) is 92.9 cm³/mol. The molecule has 0 aliphatic carbocycles. The van der Waals surface area contributed by atoms with Gasteiger partial charge in [-0.2, -0.15) is 0 Å². The topological polar surface area (TPSA) is 53.1 Å². The zero-order valence-electron chi connectivity index (χ0n) is 14.8. The molecule has 6 heteroatoms. The van der Waals surface area contributed by atoms with Gasteiger partial charge in [0.25, 0.3) is 5.91 Å². The molecule has 0 saturated carbocycles. The van der Waals surface area contributed by atoms with Crippen LogP contribution in [-0.4, -0.2) is 71.1 Å². The maximum Gasteiger partial charge on any atom is 0.327 e. The van der Waals surface area contributed by atoms with Crippen LogP contribution in [0.5, 0.6) is 0 Å². The second kappa shape index (κ2) is 6.42. The molecule has 4 atom stereocenters. The number of ether oxygens (including phenoxy) is 1. The molecule has 3 saturated heterocycles. The molecule has 3 aliphatic heterocycles. The minimum Gasteiger partial charge on any atom is -0.380 e. The number of fused-ring (bicyclic) bond motifs is 1. The van der Waals surface area contributed by atoms with E-state index in [2.05, 4.69) is 24.0 Å². The fraction of sp³-hybridized carbons (Fsp3) is 0.579. The average molecular weight is 343 g/mol. The van der Waals surface area contributed by atoms with Gasteiger partial charge in [0.2, 0.25) is 0 Å². The Labute approximate surface area is 148 Å². The molecule has 1 aromatic carbocycles. The van der Waals surface area contributed by atoms with Crippen molar-refractivity contribution in [3.63, 3.8) is 0 Å². The van der Waals surface area contributed by atoms with Crippen LogP contribution in [0.1, 0.15) is 25.3 Å². The van der Waals surface area contributed by atoms with Crippen LogP contribution >= 0.6 is 0 Å². The first-order valence-electron chi connectivity index (χ1n) is 9.03. The zero-order chi connectivity index (χ0) is 17.6. The molecule has 6 nitrogen and oxygen atoms in total. The van der Waals surface area contributed by atoms with E-state index in [1.165, 1.54) is 10.5 Å². The van der Waals surface area contributed by atoms with Gasteiger partial charge in [-0.05, 0) is 18.9 Å². The van der Waals surface area contributed by atoms with E-state index in [0.29, 0.717) is 19.0 Å². The number of urea groups is 1.